The molecule has 13 heteroatoms. The number of amides is 5. The van der Waals surface area contributed by atoms with Crippen molar-refractivity contribution >= 4 is 29.5 Å². The first-order chi connectivity index (χ1) is 18.9. The number of nitrogens with zero attached hydrogens (tertiary/aromatic N) is 3. The number of rotatable bonds is 12. The number of carbonyl (C=O) groups excluding carboxylic acids is 5. The number of aliphatic hydroxyl groups excluding tert-OH is 1. The summed E-state index contributed by atoms with van der Waals surface area (Å²) in [5.74, 6) is -2.52. The summed E-state index contributed by atoms with van der Waals surface area (Å²) >= 11 is 0. The van der Waals surface area contributed by atoms with Crippen LogP contribution in [0.15, 0.2) is 18.6 Å². The normalized spacial score (nSPS) is 19.2. The lowest BCUT2D eigenvalue weighted by molar-refractivity contribution is -0.144. The van der Waals surface area contributed by atoms with Crippen molar-refractivity contribution in [3.63, 3.8) is 0 Å². The van der Waals surface area contributed by atoms with Crippen LogP contribution in [-0.4, -0.2) is 92.9 Å². The van der Waals surface area contributed by atoms with Crippen LogP contribution in [0.1, 0.15) is 76.7 Å². The summed E-state index contributed by atoms with van der Waals surface area (Å²) in [6.07, 6.45) is 6.46. The van der Waals surface area contributed by atoms with Gasteiger partial charge < -0.3 is 31.3 Å². The zero-order chi connectivity index (χ0) is 29.4. The van der Waals surface area contributed by atoms with Gasteiger partial charge in [0.05, 0.1) is 18.8 Å². The Balaban J connectivity index is 1.63. The maximum absolute atomic E-state index is 13.7. The van der Waals surface area contributed by atoms with E-state index in [2.05, 4.69) is 31.2 Å². The highest BCUT2D eigenvalue weighted by molar-refractivity contribution is 5.96. The number of carbonyl (C=O) groups is 5. The van der Waals surface area contributed by atoms with E-state index in [0.29, 0.717) is 32.2 Å². The Morgan fingerprint density at radius 1 is 1.10 bits per heavy atom. The molecule has 4 unspecified atom stereocenters. The average Bonchev–Trinajstić information content (AvgIpc) is 3.59. The lowest BCUT2D eigenvalue weighted by Gasteiger charge is -2.36. The molecule has 4 atom stereocenters. The predicted octanol–water partition coefficient (Wildman–Crippen LogP) is -0.347. The van der Waals surface area contributed by atoms with Crippen LogP contribution in [0, 0.1) is 5.41 Å². The van der Waals surface area contributed by atoms with E-state index in [0.717, 1.165) is 12.8 Å². The highest BCUT2D eigenvalue weighted by Gasteiger charge is 2.43. The largest absolute Gasteiger partial charge is 0.381 e. The van der Waals surface area contributed by atoms with Crippen LogP contribution >= 0.6 is 0 Å². The Morgan fingerprint density at radius 2 is 1.82 bits per heavy atom. The molecule has 5 amide bonds. The van der Waals surface area contributed by atoms with Crippen LogP contribution in [-0.2, 0) is 19.2 Å². The van der Waals surface area contributed by atoms with Gasteiger partial charge in [-0.05, 0) is 37.5 Å². The summed E-state index contributed by atoms with van der Waals surface area (Å²) in [7, 11) is 0. The monoisotopic (exact) mass is 559 g/mol. The van der Waals surface area contributed by atoms with E-state index in [1.165, 1.54) is 23.5 Å². The number of hydrogen-bond acceptors (Lipinski definition) is 8. The Morgan fingerprint density at radius 3 is 2.42 bits per heavy atom. The van der Waals surface area contributed by atoms with Gasteiger partial charge in [-0.3, -0.25) is 29.0 Å². The number of nitrogens with one attached hydrogen (secondary N) is 4. The zero-order valence-electron chi connectivity index (χ0n) is 23.6. The molecule has 1 saturated heterocycles. The van der Waals surface area contributed by atoms with E-state index in [-0.39, 0.29) is 18.3 Å². The molecule has 3 rings (SSSR count). The van der Waals surface area contributed by atoms with Crippen molar-refractivity contribution in [1.29, 1.82) is 0 Å². The van der Waals surface area contributed by atoms with Gasteiger partial charge in [0.1, 0.15) is 17.8 Å². The second-order valence-corrected chi connectivity index (χ2v) is 11.5. The highest BCUT2D eigenvalue weighted by atomic mass is 16.3. The van der Waals surface area contributed by atoms with Gasteiger partial charge in [-0.25, -0.2) is 4.98 Å². The summed E-state index contributed by atoms with van der Waals surface area (Å²) in [5, 5.41) is 21.3. The average molecular weight is 560 g/mol. The van der Waals surface area contributed by atoms with Gasteiger partial charge in [-0.2, -0.15) is 0 Å². The van der Waals surface area contributed by atoms with Gasteiger partial charge in [0, 0.05) is 25.0 Å². The van der Waals surface area contributed by atoms with Gasteiger partial charge in [-0.15, -0.1) is 0 Å². The smallest absolute Gasteiger partial charge is 0.271 e. The van der Waals surface area contributed by atoms with Crippen LogP contribution in [0.3, 0.4) is 0 Å². The maximum Gasteiger partial charge on any atom is 0.271 e. The van der Waals surface area contributed by atoms with E-state index in [4.69, 9.17) is 0 Å². The summed E-state index contributed by atoms with van der Waals surface area (Å²) in [5.41, 5.74) is -0.645. The van der Waals surface area contributed by atoms with Crippen LogP contribution in [0.2, 0.25) is 0 Å². The van der Waals surface area contributed by atoms with Gasteiger partial charge in [0.2, 0.25) is 17.7 Å². The maximum atomic E-state index is 13.7. The van der Waals surface area contributed by atoms with Crippen molar-refractivity contribution in [3.05, 3.63) is 24.3 Å². The fraction of sp³-hybridized carbons (Fsp3) is 0.667. The Kier molecular flexibility index (Phi) is 10.5. The quantitative estimate of drug-likeness (QED) is 0.230. The van der Waals surface area contributed by atoms with Crippen molar-refractivity contribution in [3.8, 4) is 0 Å². The molecule has 0 aromatic carbocycles. The molecule has 220 valence electrons. The first-order valence-electron chi connectivity index (χ1n) is 13.8. The molecule has 1 aromatic rings. The zero-order valence-corrected chi connectivity index (χ0v) is 23.6. The van der Waals surface area contributed by atoms with Crippen molar-refractivity contribution < 1.29 is 29.1 Å². The van der Waals surface area contributed by atoms with Gasteiger partial charge in [0.15, 0.2) is 6.10 Å². The summed E-state index contributed by atoms with van der Waals surface area (Å²) < 4.78 is 0. The van der Waals surface area contributed by atoms with E-state index < -0.39 is 59.2 Å². The van der Waals surface area contributed by atoms with Gasteiger partial charge in [0.25, 0.3) is 11.8 Å². The molecule has 13 nitrogen and oxygen atoms in total. The highest BCUT2D eigenvalue weighted by Crippen LogP contribution is 2.26. The number of aromatic nitrogens is 2. The molecular formula is C27H41N7O6. The third-order valence-corrected chi connectivity index (χ3v) is 6.96. The molecule has 0 radical (unpaired) electrons. The third kappa shape index (κ3) is 8.44. The lowest BCUT2D eigenvalue weighted by atomic mass is 9.85. The molecule has 5 N–H and O–H groups in total. The van der Waals surface area contributed by atoms with Crippen LogP contribution in [0.5, 0.6) is 0 Å². The van der Waals surface area contributed by atoms with Crippen LogP contribution in [0.4, 0.5) is 0 Å². The topological polar surface area (TPSA) is 183 Å². The Labute approximate surface area is 234 Å². The lowest BCUT2D eigenvalue weighted by Crippen LogP contribution is -2.60. The molecule has 40 heavy (non-hydrogen) atoms. The van der Waals surface area contributed by atoms with E-state index in [1.807, 2.05) is 6.92 Å². The first kappa shape index (κ1) is 30.9. The van der Waals surface area contributed by atoms with Gasteiger partial charge in [-0.1, -0.05) is 34.1 Å². The first-order valence-corrected chi connectivity index (χ1v) is 13.8. The molecule has 1 saturated carbocycles. The van der Waals surface area contributed by atoms with E-state index in [9.17, 15) is 29.1 Å². The molecule has 1 aliphatic heterocycles. The van der Waals surface area contributed by atoms with Gasteiger partial charge >= 0.3 is 0 Å². The molecule has 1 aliphatic carbocycles. The van der Waals surface area contributed by atoms with Crippen LogP contribution in [0.25, 0.3) is 0 Å². The van der Waals surface area contributed by atoms with Crippen molar-refractivity contribution in [1.82, 2.24) is 36.1 Å². The molecule has 2 aliphatic rings. The molecule has 0 spiro atoms. The third-order valence-electron chi connectivity index (χ3n) is 6.96. The number of likely N-dealkylation sites (tertiary alicyclic amines) is 1. The van der Waals surface area contributed by atoms with E-state index in [1.54, 1.807) is 20.8 Å². The van der Waals surface area contributed by atoms with E-state index >= 15 is 0 Å². The molecule has 1 aromatic heterocycles. The minimum absolute atomic E-state index is 0.0567. The second kappa shape index (κ2) is 13.6. The van der Waals surface area contributed by atoms with Crippen molar-refractivity contribution in [2.75, 3.05) is 13.1 Å². The SMILES string of the molecule is CCCC(NC(=O)C1CCCN1C(=O)C(NC(=O)CNC(=O)c1cnccn1)C(C)(C)C)C(O)C(=O)NC1CC1. The minimum atomic E-state index is -1.39. The fourth-order valence-electron chi connectivity index (χ4n) is 4.59. The predicted molar refractivity (Wildman–Crippen MR) is 144 cm³/mol. The minimum Gasteiger partial charge on any atom is -0.381 e. The molecule has 2 fully saturated rings. The van der Waals surface area contributed by atoms with Crippen molar-refractivity contribution in [2.24, 2.45) is 5.41 Å². The summed E-state index contributed by atoms with van der Waals surface area (Å²) in [4.78, 5) is 73.5. The number of aliphatic hydroxyl groups is 1. The standard InChI is InChI=1S/C27H41N7O6/c1-5-7-17(21(36)25(39)31-16-9-10-16)32-24(38)19-8-6-13-34(19)26(40)22(27(2,3)4)33-20(35)15-30-23(37)18-14-28-11-12-29-18/h11-12,14,16-17,19,21-22,36H,5-10,13,15H2,1-4H3,(H,30,37)(H,31,39)(H,32,38)(H,33,35). The second-order valence-electron chi connectivity index (χ2n) is 11.5. The number of hydrogen-bond donors (Lipinski definition) is 5. The Hall–Kier alpha value is -3.61. The molecule has 0 bridgehead atoms. The summed E-state index contributed by atoms with van der Waals surface area (Å²) in [6, 6.07) is -2.48. The fourth-order valence-corrected chi connectivity index (χ4v) is 4.59. The van der Waals surface area contributed by atoms with Crippen molar-refractivity contribution in [2.45, 2.75) is 96.5 Å². The molecular weight excluding hydrogens is 518 g/mol. The molecule has 2 heterocycles. The van der Waals surface area contributed by atoms with Crippen LogP contribution < -0.4 is 21.3 Å². The summed E-state index contributed by atoms with van der Waals surface area (Å²) in [6.45, 7) is 7.23. The Bertz CT molecular complexity index is 1070.